The SMILES string of the molecule is COc1cc(OCc2ccccc2)ccc1-c1nc2cc(F)ccc2[nH]1. The topological polar surface area (TPSA) is 47.1 Å². The number of rotatable bonds is 5. The number of nitrogens with one attached hydrogen (secondary N) is 1. The van der Waals surface area contributed by atoms with Gasteiger partial charge in [-0.05, 0) is 29.8 Å². The largest absolute Gasteiger partial charge is 0.496 e. The second kappa shape index (κ2) is 6.88. The number of fused-ring (bicyclic) bond motifs is 1. The minimum Gasteiger partial charge on any atom is -0.496 e. The highest BCUT2D eigenvalue weighted by atomic mass is 19.1. The summed E-state index contributed by atoms with van der Waals surface area (Å²) in [5.41, 5.74) is 3.23. The van der Waals surface area contributed by atoms with E-state index in [-0.39, 0.29) is 5.82 Å². The number of aromatic amines is 1. The molecule has 0 saturated heterocycles. The molecule has 0 amide bonds. The number of aromatic nitrogens is 2. The lowest BCUT2D eigenvalue weighted by Crippen LogP contribution is -1.96. The van der Waals surface area contributed by atoms with Gasteiger partial charge in [-0.3, -0.25) is 0 Å². The quantitative estimate of drug-likeness (QED) is 0.555. The van der Waals surface area contributed by atoms with Crippen molar-refractivity contribution >= 4 is 11.0 Å². The fourth-order valence-electron chi connectivity index (χ4n) is 2.80. The average Bonchev–Trinajstić information content (AvgIpc) is 3.09. The van der Waals surface area contributed by atoms with Gasteiger partial charge in [0.05, 0.1) is 23.7 Å². The molecule has 0 bridgehead atoms. The van der Waals surface area contributed by atoms with E-state index in [1.54, 1.807) is 13.2 Å². The van der Waals surface area contributed by atoms with Crippen molar-refractivity contribution in [3.63, 3.8) is 0 Å². The maximum absolute atomic E-state index is 13.4. The lowest BCUT2D eigenvalue weighted by Gasteiger charge is -2.10. The molecule has 0 aliphatic heterocycles. The molecule has 0 aliphatic rings. The summed E-state index contributed by atoms with van der Waals surface area (Å²) < 4.78 is 24.7. The van der Waals surface area contributed by atoms with E-state index in [0.717, 1.165) is 16.6 Å². The molecule has 0 saturated carbocycles. The highest BCUT2D eigenvalue weighted by molar-refractivity contribution is 5.80. The Hall–Kier alpha value is -3.34. The Morgan fingerprint density at radius 3 is 2.65 bits per heavy atom. The molecule has 0 spiro atoms. The predicted molar refractivity (Wildman–Crippen MR) is 98.8 cm³/mol. The van der Waals surface area contributed by atoms with Crippen molar-refractivity contribution < 1.29 is 13.9 Å². The number of nitrogens with zero attached hydrogens (tertiary/aromatic N) is 1. The lowest BCUT2D eigenvalue weighted by atomic mass is 10.2. The van der Waals surface area contributed by atoms with Gasteiger partial charge in [-0.25, -0.2) is 9.37 Å². The van der Waals surface area contributed by atoms with Crippen LogP contribution in [0.1, 0.15) is 5.56 Å². The Bertz CT molecular complexity index is 1040. The van der Waals surface area contributed by atoms with Crippen molar-refractivity contribution in [3.05, 3.63) is 78.1 Å². The Labute approximate surface area is 150 Å². The second-order valence-electron chi connectivity index (χ2n) is 5.88. The summed E-state index contributed by atoms with van der Waals surface area (Å²) in [6.45, 7) is 0.479. The van der Waals surface area contributed by atoms with Gasteiger partial charge in [0, 0.05) is 12.1 Å². The zero-order valence-corrected chi connectivity index (χ0v) is 14.2. The lowest BCUT2D eigenvalue weighted by molar-refractivity contribution is 0.304. The van der Waals surface area contributed by atoms with Crippen LogP contribution in [-0.2, 0) is 6.61 Å². The first-order chi connectivity index (χ1) is 12.7. The first-order valence-electron chi connectivity index (χ1n) is 8.23. The molecule has 1 N–H and O–H groups in total. The van der Waals surface area contributed by atoms with Crippen LogP contribution in [-0.4, -0.2) is 17.1 Å². The molecule has 1 heterocycles. The van der Waals surface area contributed by atoms with Gasteiger partial charge in [-0.1, -0.05) is 30.3 Å². The van der Waals surface area contributed by atoms with Gasteiger partial charge >= 0.3 is 0 Å². The Balaban J connectivity index is 1.62. The minimum atomic E-state index is -0.313. The molecule has 3 aromatic carbocycles. The molecule has 0 fully saturated rings. The van der Waals surface area contributed by atoms with Gasteiger partial charge in [-0.2, -0.15) is 0 Å². The van der Waals surface area contributed by atoms with E-state index in [4.69, 9.17) is 9.47 Å². The Kier molecular flexibility index (Phi) is 4.27. The number of methoxy groups -OCH3 is 1. The van der Waals surface area contributed by atoms with Crippen molar-refractivity contribution in [2.45, 2.75) is 6.61 Å². The summed E-state index contributed by atoms with van der Waals surface area (Å²) in [5.74, 6) is 1.65. The van der Waals surface area contributed by atoms with Crippen LogP contribution >= 0.6 is 0 Å². The van der Waals surface area contributed by atoms with E-state index in [0.29, 0.717) is 29.4 Å². The molecular weight excluding hydrogens is 331 g/mol. The molecule has 5 heteroatoms. The summed E-state index contributed by atoms with van der Waals surface area (Å²) >= 11 is 0. The molecule has 26 heavy (non-hydrogen) atoms. The van der Waals surface area contributed by atoms with Crippen LogP contribution in [0.4, 0.5) is 4.39 Å². The van der Waals surface area contributed by atoms with Crippen molar-refractivity contribution in [2.24, 2.45) is 0 Å². The number of H-pyrrole nitrogens is 1. The van der Waals surface area contributed by atoms with Crippen LogP contribution in [0.3, 0.4) is 0 Å². The number of imidazole rings is 1. The van der Waals surface area contributed by atoms with Crippen LogP contribution < -0.4 is 9.47 Å². The number of benzene rings is 3. The monoisotopic (exact) mass is 348 g/mol. The van der Waals surface area contributed by atoms with E-state index < -0.39 is 0 Å². The van der Waals surface area contributed by atoms with Crippen molar-refractivity contribution in [3.8, 4) is 22.9 Å². The molecule has 0 unspecified atom stereocenters. The van der Waals surface area contributed by atoms with Crippen molar-refractivity contribution in [1.82, 2.24) is 9.97 Å². The Morgan fingerprint density at radius 2 is 1.85 bits per heavy atom. The van der Waals surface area contributed by atoms with Crippen LogP contribution in [0.2, 0.25) is 0 Å². The molecule has 4 nitrogen and oxygen atoms in total. The molecule has 0 atom stereocenters. The van der Waals surface area contributed by atoms with Gasteiger partial charge in [0.1, 0.15) is 29.7 Å². The summed E-state index contributed by atoms with van der Waals surface area (Å²) in [6, 6.07) is 20.0. The van der Waals surface area contributed by atoms with E-state index in [1.165, 1.54) is 12.1 Å². The van der Waals surface area contributed by atoms with Gasteiger partial charge in [0.2, 0.25) is 0 Å². The first kappa shape index (κ1) is 16.1. The smallest absolute Gasteiger partial charge is 0.142 e. The van der Waals surface area contributed by atoms with Crippen LogP contribution in [0.25, 0.3) is 22.4 Å². The van der Waals surface area contributed by atoms with Crippen molar-refractivity contribution in [2.75, 3.05) is 7.11 Å². The van der Waals surface area contributed by atoms with Gasteiger partial charge < -0.3 is 14.5 Å². The maximum atomic E-state index is 13.4. The third-order valence-electron chi connectivity index (χ3n) is 4.12. The number of hydrogen-bond acceptors (Lipinski definition) is 3. The third-order valence-corrected chi connectivity index (χ3v) is 4.12. The molecule has 4 aromatic rings. The molecule has 1 aromatic heterocycles. The standard InChI is InChI=1S/C21H17FN2O2/c1-25-20-12-16(26-13-14-5-3-2-4-6-14)8-9-17(20)21-23-18-10-7-15(22)11-19(18)24-21/h2-12H,13H2,1H3,(H,23,24). The van der Waals surface area contributed by atoms with Gasteiger partial charge in [0.25, 0.3) is 0 Å². The molecule has 0 aliphatic carbocycles. The van der Waals surface area contributed by atoms with E-state index in [1.807, 2.05) is 48.5 Å². The first-order valence-corrected chi connectivity index (χ1v) is 8.23. The van der Waals surface area contributed by atoms with E-state index in [9.17, 15) is 4.39 Å². The predicted octanol–water partition coefficient (Wildman–Crippen LogP) is 4.96. The zero-order valence-electron chi connectivity index (χ0n) is 14.2. The van der Waals surface area contributed by atoms with Crippen LogP contribution in [0, 0.1) is 5.82 Å². The van der Waals surface area contributed by atoms with E-state index in [2.05, 4.69) is 9.97 Å². The van der Waals surface area contributed by atoms with E-state index >= 15 is 0 Å². The summed E-state index contributed by atoms with van der Waals surface area (Å²) in [5, 5.41) is 0. The third kappa shape index (κ3) is 3.24. The minimum absolute atomic E-state index is 0.313. The maximum Gasteiger partial charge on any atom is 0.142 e. The number of hydrogen-bond donors (Lipinski definition) is 1. The average molecular weight is 348 g/mol. The highest BCUT2D eigenvalue weighted by Crippen LogP contribution is 2.33. The molecule has 0 radical (unpaired) electrons. The van der Waals surface area contributed by atoms with Crippen LogP contribution in [0.15, 0.2) is 66.7 Å². The van der Waals surface area contributed by atoms with Crippen molar-refractivity contribution in [1.29, 1.82) is 0 Å². The Morgan fingerprint density at radius 1 is 1.00 bits per heavy atom. The molecule has 4 rings (SSSR count). The zero-order chi connectivity index (χ0) is 17.9. The summed E-state index contributed by atoms with van der Waals surface area (Å²) in [7, 11) is 1.60. The van der Waals surface area contributed by atoms with Gasteiger partial charge in [-0.15, -0.1) is 0 Å². The second-order valence-corrected chi connectivity index (χ2v) is 5.88. The number of halogens is 1. The normalized spacial score (nSPS) is 10.8. The fourth-order valence-corrected chi connectivity index (χ4v) is 2.80. The number of ether oxygens (including phenoxy) is 2. The fraction of sp³-hybridized carbons (Fsp3) is 0.0952. The van der Waals surface area contributed by atoms with Gasteiger partial charge in [0.15, 0.2) is 0 Å². The summed E-state index contributed by atoms with van der Waals surface area (Å²) in [4.78, 5) is 7.65. The van der Waals surface area contributed by atoms with Crippen LogP contribution in [0.5, 0.6) is 11.5 Å². The highest BCUT2D eigenvalue weighted by Gasteiger charge is 2.12. The summed E-state index contributed by atoms with van der Waals surface area (Å²) in [6.07, 6.45) is 0. The molecule has 130 valence electrons. The molecular formula is C21H17FN2O2.